The van der Waals surface area contributed by atoms with Gasteiger partial charge in [0.15, 0.2) is 0 Å². The lowest BCUT2D eigenvalue weighted by Crippen LogP contribution is -2.30. The van der Waals surface area contributed by atoms with Crippen LogP contribution >= 0.6 is 0 Å². The summed E-state index contributed by atoms with van der Waals surface area (Å²) < 4.78 is 5.45. The van der Waals surface area contributed by atoms with Crippen molar-refractivity contribution in [3.05, 3.63) is 60.2 Å². The van der Waals surface area contributed by atoms with Gasteiger partial charge in [0.1, 0.15) is 11.5 Å². The fourth-order valence-corrected chi connectivity index (χ4v) is 3.37. The number of benzene rings is 2. The minimum Gasteiger partial charge on any atom is -0.495 e. The van der Waals surface area contributed by atoms with Gasteiger partial charge in [-0.15, -0.1) is 0 Å². The second-order valence-electron chi connectivity index (χ2n) is 6.05. The molecule has 120 valence electrons. The lowest BCUT2D eigenvalue weighted by Gasteiger charge is -2.31. The number of anilines is 1. The zero-order valence-corrected chi connectivity index (χ0v) is 13.5. The summed E-state index contributed by atoms with van der Waals surface area (Å²) in [5, 5.41) is 3.57. The average Bonchev–Trinajstić information content (AvgIpc) is 2.61. The van der Waals surface area contributed by atoms with Gasteiger partial charge in [-0.2, -0.15) is 0 Å². The topological polar surface area (TPSA) is 38.3 Å². The van der Waals surface area contributed by atoms with Gasteiger partial charge in [-0.3, -0.25) is 4.79 Å². The van der Waals surface area contributed by atoms with Gasteiger partial charge in [-0.05, 0) is 30.5 Å². The van der Waals surface area contributed by atoms with Crippen molar-refractivity contribution in [2.24, 2.45) is 5.92 Å². The average molecular weight is 309 g/mol. The molecular formula is C20H23NO2. The van der Waals surface area contributed by atoms with Crippen LogP contribution in [0.15, 0.2) is 54.6 Å². The van der Waals surface area contributed by atoms with Gasteiger partial charge in [0.05, 0.1) is 18.8 Å². The van der Waals surface area contributed by atoms with Gasteiger partial charge < -0.3 is 10.1 Å². The Balaban J connectivity index is 1.93. The van der Waals surface area contributed by atoms with Crippen LogP contribution in [0.5, 0.6) is 5.75 Å². The molecule has 0 aromatic heterocycles. The highest BCUT2D eigenvalue weighted by Gasteiger charge is 2.31. The third-order valence-corrected chi connectivity index (χ3v) is 4.58. The van der Waals surface area contributed by atoms with Crippen molar-refractivity contribution < 1.29 is 9.53 Å². The molecule has 1 saturated carbocycles. The third kappa shape index (κ3) is 3.55. The molecule has 0 heterocycles. The van der Waals surface area contributed by atoms with Crippen LogP contribution in [0.2, 0.25) is 0 Å². The number of Topliss-reactive ketones (excluding diaryl/α,β-unsaturated/α-hetero) is 1. The molecule has 0 saturated heterocycles. The van der Waals surface area contributed by atoms with Gasteiger partial charge in [-0.1, -0.05) is 48.9 Å². The van der Waals surface area contributed by atoms with E-state index in [4.69, 9.17) is 4.74 Å². The first-order valence-corrected chi connectivity index (χ1v) is 8.27. The van der Waals surface area contributed by atoms with E-state index >= 15 is 0 Å². The maximum Gasteiger partial charge on any atom is 0.141 e. The normalized spacial score (nSPS) is 19.2. The first-order chi connectivity index (χ1) is 11.3. The van der Waals surface area contributed by atoms with E-state index in [0.29, 0.717) is 12.2 Å². The van der Waals surface area contributed by atoms with E-state index < -0.39 is 0 Å². The number of ketones is 1. The molecule has 2 aromatic rings. The molecule has 2 atom stereocenters. The number of para-hydroxylation sites is 2. The number of methoxy groups -OCH3 is 1. The van der Waals surface area contributed by atoms with Crippen LogP contribution in [0.3, 0.4) is 0 Å². The smallest absolute Gasteiger partial charge is 0.141 e. The van der Waals surface area contributed by atoms with Crippen molar-refractivity contribution in [1.29, 1.82) is 0 Å². The molecule has 0 unspecified atom stereocenters. The number of carbonyl (C=O) groups excluding carboxylic acids is 1. The van der Waals surface area contributed by atoms with Crippen LogP contribution in [-0.4, -0.2) is 12.9 Å². The second kappa shape index (κ2) is 7.32. The van der Waals surface area contributed by atoms with Crippen molar-refractivity contribution in [1.82, 2.24) is 0 Å². The summed E-state index contributed by atoms with van der Waals surface area (Å²) in [7, 11) is 1.67. The van der Waals surface area contributed by atoms with Crippen LogP contribution in [0.1, 0.15) is 37.3 Å². The molecule has 3 rings (SSSR count). The molecule has 0 radical (unpaired) electrons. The van der Waals surface area contributed by atoms with Crippen molar-refractivity contribution in [2.75, 3.05) is 12.4 Å². The summed E-state index contributed by atoms with van der Waals surface area (Å²) in [6.45, 7) is 0. The Bertz CT molecular complexity index is 654. The lowest BCUT2D eigenvalue weighted by molar-refractivity contribution is -0.125. The number of hydrogen-bond donors (Lipinski definition) is 1. The Morgan fingerprint density at radius 2 is 1.78 bits per heavy atom. The molecule has 1 fully saturated rings. The maximum absolute atomic E-state index is 12.5. The van der Waals surface area contributed by atoms with Crippen LogP contribution in [0, 0.1) is 5.92 Å². The van der Waals surface area contributed by atoms with Gasteiger partial charge in [0, 0.05) is 12.3 Å². The van der Waals surface area contributed by atoms with Crippen LogP contribution in [-0.2, 0) is 4.79 Å². The molecule has 0 amide bonds. The minimum atomic E-state index is -0.0136. The van der Waals surface area contributed by atoms with E-state index in [1.165, 1.54) is 0 Å². The molecule has 3 heteroatoms. The maximum atomic E-state index is 12.5. The molecule has 0 spiro atoms. The molecule has 1 aliphatic carbocycles. The molecule has 3 nitrogen and oxygen atoms in total. The van der Waals surface area contributed by atoms with E-state index in [0.717, 1.165) is 36.3 Å². The molecular weight excluding hydrogens is 286 g/mol. The summed E-state index contributed by atoms with van der Waals surface area (Å²) >= 11 is 0. The van der Waals surface area contributed by atoms with Crippen LogP contribution < -0.4 is 10.1 Å². The van der Waals surface area contributed by atoms with Crippen LogP contribution in [0.25, 0.3) is 0 Å². The zero-order valence-electron chi connectivity index (χ0n) is 13.5. The highest BCUT2D eigenvalue weighted by Crippen LogP contribution is 2.36. The second-order valence-corrected chi connectivity index (χ2v) is 6.05. The number of ether oxygens (including phenoxy) is 1. The van der Waals surface area contributed by atoms with Gasteiger partial charge in [0.2, 0.25) is 0 Å². The fraction of sp³-hybridized carbons (Fsp3) is 0.350. The summed E-state index contributed by atoms with van der Waals surface area (Å²) in [5.41, 5.74) is 2.08. The Morgan fingerprint density at radius 1 is 1.04 bits per heavy atom. The summed E-state index contributed by atoms with van der Waals surface area (Å²) in [4.78, 5) is 12.5. The van der Waals surface area contributed by atoms with E-state index in [9.17, 15) is 4.79 Å². The molecule has 0 bridgehead atoms. The molecule has 1 aliphatic rings. The predicted molar refractivity (Wildman–Crippen MR) is 92.8 cm³/mol. The van der Waals surface area contributed by atoms with E-state index in [2.05, 4.69) is 17.4 Å². The minimum absolute atomic E-state index is 0.0136. The van der Waals surface area contributed by atoms with Gasteiger partial charge >= 0.3 is 0 Å². The van der Waals surface area contributed by atoms with E-state index in [1.807, 2.05) is 42.5 Å². The number of hydrogen-bond acceptors (Lipinski definition) is 3. The van der Waals surface area contributed by atoms with Crippen molar-refractivity contribution >= 4 is 11.5 Å². The lowest BCUT2D eigenvalue weighted by atomic mass is 9.80. The van der Waals surface area contributed by atoms with Gasteiger partial charge in [-0.25, -0.2) is 0 Å². The highest BCUT2D eigenvalue weighted by atomic mass is 16.5. The summed E-state index contributed by atoms with van der Waals surface area (Å²) in [5.74, 6) is 1.19. The predicted octanol–water partition coefficient (Wildman–Crippen LogP) is 4.61. The van der Waals surface area contributed by atoms with Crippen LogP contribution in [0.4, 0.5) is 5.69 Å². The Kier molecular flexibility index (Phi) is 4.96. The number of carbonyl (C=O) groups is 1. The SMILES string of the molecule is COc1ccccc1N[C@@H](c1ccccc1)[C@H]1CCCCC1=O. The molecule has 2 aromatic carbocycles. The molecule has 1 N–H and O–H groups in total. The number of rotatable bonds is 5. The monoisotopic (exact) mass is 309 g/mol. The zero-order chi connectivity index (χ0) is 16.1. The molecule has 23 heavy (non-hydrogen) atoms. The largest absolute Gasteiger partial charge is 0.495 e. The highest BCUT2D eigenvalue weighted by molar-refractivity contribution is 5.83. The van der Waals surface area contributed by atoms with Crippen molar-refractivity contribution in [3.63, 3.8) is 0 Å². The molecule has 0 aliphatic heterocycles. The summed E-state index contributed by atoms with van der Waals surface area (Å²) in [6, 6.07) is 18.1. The Morgan fingerprint density at radius 3 is 2.52 bits per heavy atom. The van der Waals surface area contributed by atoms with E-state index in [-0.39, 0.29) is 12.0 Å². The van der Waals surface area contributed by atoms with Crippen molar-refractivity contribution in [2.45, 2.75) is 31.7 Å². The van der Waals surface area contributed by atoms with Gasteiger partial charge in [0.25, 0.3) is 0 Å². The van der Waals surface area contributed by atoms with Crippen molar-refractivity contribution in [3.8, 4) is 5.75 Å². The number of nitrogens with one attached hydrogen (secondary N) is 1. The third-order valence-electron chi connectivity index (χ3n) is 4.58. The first kappa shape index (κ1) is 15.6. The first-order valence-electron chi connectivity index (χ1n) is 8.27. The standard InChI is InChI=1S/C20H23NO2/c1-23-19-14-8-6-12-17(19)21-20(15-9-3-2-4-10-15)16-11-5-7-13-18(16)22/h2-4,6,8-10,12,14,16,20-21H,5,7,11,13H2,1H3/t16-,20-/m0/s1. The Labute approximate surface area is 137 Å². The quantitative estimate of drug-likeness (QED) is 0.876. The Hall–Kier alpha value is -2.29. The summed E-state index contributed by atoms with van der Waals surface area (Å²) in [6.07, 6.45) is 3.78. The van der Waals surface area contributed by atoms with E-state index in [1.54, 1.807) is 7.11 Å². The fourth-order valence-electron chi connectivity index (χ4n) is 3.37.